The number of hydrogen-bond acceptors (Lipinski definition) is 2. The van der Waals surface area contributed by atoms with Gasteiger partial charge < -0.3 is 16.0 Å². The SMILES string of the molecule is CC(C)C(=O)NC1CC(C(C)C)CN(C(N)=O)C1. The Morgan fingerprint density at radius 1 is 1.22 bits per heavy atom. The van der Waals surface area contributed by atoms with Gasteiger partial charge in [0, 0.05) is 25.0 Å². The third kappa shape index (κ3) is 3.89. The predicted molar refractivity (Wildman–Crippen MR) is 70.9 cm³/mol. The van der Waals surface area contributed by atoms with Gasteiger partial charge in [0.15, 0.2) is 0 Å². The first-order valence-corrected chi connectivity index (χ1v) is 6.66. The van der Waals surface area contributed by atoms with Crippen molar-refractivity contribution < 1.29 is 9.59 Å². The zero-order valence-corrected chi connectivity index (χ0v) is 11.8. The Balaban J connectivity index is 2.67. The number of primary amides is 1. The summed E-state index contributed by atoms with van der Waals surface area (Å²) in [5, 5.41) is 3.00. The van der Waals surface area contributed by atoms with Crippen LogP contribution < -0.4 is 11.1 Å². The molecule has 0 saturated carbocycles. The highest BCUT2D eigenvalue weighted by atomic mass is 16.2. The molecule has 1 heterocycles. The Hall–Kier alpha value is -1.26. The van der Waals surface area contributed by atoms with Gasteiger partial charge in [-0.05, 0) is 18.3 Å². The van der Waals surface area contributed by atoms with Crippen LogP contribution in [0, 0.1) is 17.8 Å². The van der Waals surface area contributed by atoms with E-state index in [1.807, 2.05) is 13.8 Å². The van der Waals surface area contributed by atoms with Crippen LogP contribution in [0.1, 0.15) is 34.1 Å². The van der Waals surface area contributed by atoms with Crippen molar-refractivity contribution in [3.05, 3.63) is 0 Å². The van der Waals surface area contributed by atoms with Crippen molar-refractivity contribution in [2.75, 3.05) is 13.1 Å². The number of nitrogens with two attached hydrogens (primary N) is 1. The van der Waals surface area contributed by atoms with Gasteiger partial charge in [0.1, 0.15) is 0 Å². The molecule has 1 aliphatic heterocycles. The van der Waals surface area contributed by atoms with Crippen LogP contribution in [0.25, 0.3) is 0 Å². The number of likely N-dealkylation sites (tertiary alicyclic amines) is 1. The van der Waals surface area contributed by atoms with E-state index in [1.165, 1.54) is 0 Å². The summed E-state index contributed by atoms with van der Waals surface area (Å²) in [5.41, 5.74) is 5.36. The average Bonchev–Trinajstić information content (AvgIpc) is 2.28. The maximum absolute atomic E-state index is 11.7. The molecule has 0 aromatic heterocycles. The summed E-state index contributed by atoms with van der Waals surface area (Å²) in [6.45, 7) is 9.22. The molecule has 1 fully saturated rings. The Bertz CT molecular complexity index is 315. The van der Waals surface area contributed by atoms with Crippen LogP contribution in [0.15, 0.2) is 0 Å². The molecule has 0 aromatic rings. The van der Waals surface area contributed by atoms with Gasteiger partial charge in [-0.15, -0.1) is 0 Å². The summed E-state index contributed by atoms with van der Waals surface area (Å²) < 4.78 is 0. The number of amides is 3. The zero-order valence-electron chi connectivity index (χ0n) is 11.8. The largest absolute Gasteiger partial charge is 0.351 e. The Kier molecular flexibility index (Phi) is 4.99. The summed E-state index contributed by atoms with van der Waals surface area (Å²) in [7, 11) is 0. The lowest BCUT2D eigenvalue weighted by molar-refractivity contribution is -0.125. The second-order valence-corrected chi connectivity index (χ2v) is 5.84. The highest BCUT2D eigenvalue weighted by molar-refractivity contribution is 5.78. The maximum Gasteiger partial charge on any atom is 0.314 e. The molecule has 18 heavy (non-hydrogen) atoms. The highest BCUT2D eigenvalue weighted by Crippen LogP contribution is 2.23. The van der Waals surface area contributed by atoms with Gasteiger partial charge in [0.05, 0.1) is 0 Å². The van der Waals surface area contributed by atoms with Crippen LogP contribution in [0.4, 0.5) is 4.79 Å². The van der Waals surface area contributed by atoms with Crippen molar-refractivity contribution in [2.24, 2.45) is 23.5 Å². The van der Waals surface area contributed by atoms with Crippen molar-refractivity contribution in [1.82, 2.24) is 10.2 Å². The van der Waals surface area contributed by atoms with E-state index in [-0.39, 0.29) is 17.9 Å². The van der Waals surface area contributed by atoms with Crippen LogP contribution in [0.5, 0.6) is 0 Å². The van der Waals surface area contributed by atoms with E-state index < -0.39 is 6.03 Å². The topological polar surface area (TPSA) is 75.4 Å². The molecule has 0 spiro atoms. The van der Waals surface area contributed by atoms with Gasteiger partial charge in [0.2, 0.25) is 5.91 Å². The first-order chi connectivity index (χ1) is 8.31. The number of hydrogen-bond donors (Lipinski definition) is 2. The van der Waals surface area contributed by atoms with Gasteiger partial charge in [-0.3, -0.25) is 4.79 Å². The standard InChI is InChI=1S/C13H25N3O2/c1-8(2)10-5-11(15-12(17)9(3)4)7-16(6-10)13(14)18/h8-11H,5-7H2,1-4H3,(H2,14,18)(H,15,17). The Labute approximate surface area is 109 Å². The van der Waals surface area contributed by atoms with Crippen molar-refractivity contribution in [3.8, 4) is 0 Å². The van der Waals surface area contributed by atoms with Crippen LogP contribution in [0.2, 0.25) is 0 Å². The number of nitrogens with one attached hydrogen (secondary N) is 1. The minimum absolute atomic E-state index is 0.0218. The average molecular weight is 255 g/mol. The quantitative estimate of drug-likeness (QED) is 0.794. The zero-order chi connectivity index (χ0) is 13.9. The highest BCUT2D eigenvalue weighted by Gasteiger charge is 2.31. The smallest absolute Gasteiger partial charge is 0.314 e. The fourth-order valence-corrected chi connectivity index (χ4v) is 2.27. The van der Waals surface area contributed by atoms with Gasteiger partial charge in [-0.2, -0.15) is 0 Å². The lowest BCUT2D eigenvalue weighted by atomic mass is 9.85. The molecular weight excluding hydrogens is 230 g/mol. The number of rotatable bonds is 3. The third-order valence-corrected chi connectivity index (χ3v) is 3.61. The molecule has 2 atom stereocenters. The minimum Gasteiger partial charge on any atom is -0.351 e. The summed E-state index contributed by atoms with van der Waals surface area (Å²) in [6.07, 6.45) is 0.917. The molecule has 0 bridgehead atoms. The van der Waals surface area contributed by atoms with E-state index in [9.17, 15) is 9.59 Å². The van der Waals surface area contributed by atoms with Crippen molar-refractivity contribution in [1.29, 1.82) is 0 Å². The first kappa shape index (κ1) is 14.8. The summed E-state index contributed by atoms with van der Waals surface area (Å²) >= 11 is 0. The van der Waals surface area contributed by atoms with Crippen LogP contribution in [-0.2, 0) is 4.79 Å². The lowest BCUT2D eigenvalue weighted by Crippen LogP contribution is -2.55. The molecular formula is C13H25N3O2. The molecule has 1 aliphatic rings. The molecule has 2 unspecified atom stereocenters. The van der Waals surface area contributed by atoms with E-state index in [1.54, 1.807) is 4.90 Å². The number of piperidine rings is 1. The van der Waals surface area contributed by atoms with Crippen molar-refractivity contribution >= 4 is 11.9 Å². The van der Waals surface area contributed by atoms with Crippen molar-refractivity contribution in [2.45, 2.75) is 40.2 Å². The fraction of sp³-hybridized carbons (Fsp3) is 0.846. The number of carbonyl (C=O) groups is 2. The molecule has 104 valence electrons. The second kappa shape index (κ2) is 6.07. The second-order valence-electron chi connectivity index (χ2n) is 5.84. The van der Waals surface area contributed by atoms with Crippen LogP contribution >= 0.6 is 0 Å². The van der Waals surface area contributed by atoms with Gasteiger partial charge in [0.25, 0.3) is 0 Å². The van der Waals surface area contributed by atoms with Gasteiger partial charge in [-0.25, -0.2) is 4.79 Å². The molecule has 0 aromatic carbocycles. The minimum atomic E-state index is -0.399. The summed E-state index contributed by atoms with van der Waals surface area (Å²) in [4.78, 5) is 24.7. The lowest BCUT2D eigenvalue weighted by Gasteiger charge is -2.39. The third-order valence-electron chi connectivity index (χ3n) is 3.61. The Morgan fingerprint density at radius 3 is 2.28 bits per heavy atom. The molecule has 5 heteroatoms. The molecule has 0 radical (unpaired) electrons. The fourth-order valence-electron chi connectivity index (χ4n) is 2.27. The summed E-state index contributed by atoms with van der Waals surface area (Å²) in [6, 6.07) is -0.377. The van der Waals surface area contributed by atoms with Gasteiger partial charge in [-0.1, -0.05) is 27.7 Å². The van der Waals surface area contributed by atoms with Crippen LogP contribution in [-0.4, -0.2) is 36.0 Å². The maximum atomic E-state index is 11.7. The van der Waals surface area contributed by atoms with E-state index in [0.29, 0.717) is 24.9 Å². The summed E-state index contributed by atoms with van der Waals surface area (Å²) in [5.74, 6) is 0.870. The number of urea groups is 1. The van der Waals surface area contributed by atoms with E-state index in [4.69, 9.17) is 5.73 Å². The number of nitrogens with zero attached hydrogens (tertiary/aromatic N) is 1. The van der Waals surface area contributed by atoms with Crippen LogP contribution in [0.3, 0.4) is 0 Å². The molecule has 1 saturated heterocycles. The first-order valence-electron chi connectivity index (χ1n) is 6.66. The molecule has 5 nitrogen and oxygen atoms in total. The van der Waals surface area contributed by atoms with E-state index >= 15 is 0 Å². The predicted octanol–water partition coefficient (Wildman–Crippen LogP) is 1.18. The van der Waals surface area contributed by atoms with Crippen molar-refractivity contribution in [3.63, 3.8) is 0 Å². The number of carbonyl (C=O) groups excluding carboxylic acids is 2. The Morgan fingerprint density at radius 2 is 1.83 bits per heavy atom. The molecule has 0 aliphatic carbocycles. The molecule has 3 N–H and O–H groups in total. The normalized spacial score (nSPS) is 24.4. The molecule has 1 rings (SSSR count). The van der Waals surface area contributed by atoms with E-state index in [2.05, 4.69) is 19.2 Å². The van der Waals surface area contributed by atoms with Gasteiger partial charge >= 0.3 is 6.03 Å². The van der Waals surface area contributed by atoms with E-state index in [0.717, 1.165) is 6.42 Å². The molecule has 3 amide bonds. The monoisotopic (exact) mass is 255 g/mol.